The van der Waals surface area contributed by atoms with E-state index in [9.17, 15) is 19.3 Å². The fourth-order valence-electron chi connectivity index (χ4n) is 1.51. The number of rotatable bonds is 3. The number of carbonyl (C=O) groups is 1. The minimum Gasteiger partial charge on any atom is -0.464 e. The molecule has 0 saturated carbocycles. The number of non-ortho nitro benzene ring substituents is 1. The number of nitro groups is 1. The van der Waals surface area contributed by atoms with E-state index in [0.717, 1.165) is 16.8 Å². The summed E-state index contributed by atoms with van der Waals surface area (Å²) in [5.74, 6) is -1.51. The molecule has 0 fully saturated rings. The van der Waals surface area contributed by atoms with Crippen LogP contribution in [0.15, 0.2) is 28.9 Å². The molecule has 0 aliphatic rings. The van der Waals surface area contributed by atoms with Crippen LogP contribution < -0.4 is 0 Å². The monoisotopic (exact) mass is 343 g/mol. The fourth-order valence-corrected chi connectivity index (χ4v) is 1.94. The van der Waals surface area contributed by atoms with E-state index >= 15 is 0 Å². The van der Waals surface area contributed by atoms with Crippen molar-refractivity contribution in [3.8, 4) is 5.69 Å². The Labute approximate surface area is 120 Å². The highest BCUT2D eigenvalue weighted by Crippen LogP contribution is 2.23. The molecule has 20 heavy (non-hydrogen) atoms. The van der Waals surface area contributed by atoms with Gasteiger partial charge in [-0.2, -0.15) is 5.10 Å². The van der Waals surface area contributed by atoms with Crippen molar-refractivity contribution in [2.45, 2.75) is 0 Å². The normalized spacial score (nSPS) is 10.3. The van der Waals surface area contributed by atoms with Crippen molar-refractivity contribution in [3.63, 3.8) is 0 Å². The van der Waals surface area contributed by atoms with Gasteiger partial charge in [-0.3, -0.25) is 10.1 Å². The lowest BCUT2D eigenvalue weighted by molar-refractivity contribution is -0.385. The molecule has 2 aromatic rings. The van der Waals surface area contributed by atoms with Crippen molar-refractivity contribution in [1.29, 1.82) is 0 Å². The van der Waals surface area contributed by atoms with Crippen LogP contribution in [0.25, 0.3) is 5.69 Å². The minimum absolute atomic E-state index is 0.0218. The third-order valence-corrected chi connectivity index (χ3v) is 3.02. The van der Waals surface area contributed by atoms with Crippen LogP contribution in [-0.4, -0.2) is 27.8 Å². The van der Waals surface area contributed by atoms with Gasteiger partial charge in [0.15, 0.2) is 11.5 Å². The third-order valence-electron chi connectivity index (χ3n) is 2.44. The number of nitro benzene ring substituents is 1. The number of aromatic nitrogens is 2. The molecule has 2 rings (SSSR count). The van der Waals surface area contributed by atoms with Crippen molar-refractivity contribution in [2.75, 3.05) is 7.11 Å². The van der Waals surface area contributed by atoms with Crippen molar-refractivity contribution in [1.82, 2.24) is 9.78 Å². The maximum absolute atomic E-state index is 13.8. The Balaban J connectivity index is 2.47. The Hall–Kier alpha value is -2.29. The summed E-state index contributed by atoms with van der Waals surface area (Å²) in [6.45, 7) is 0. The molecule has 0 aliphatic heterocycles. The summed E-state index contributed by atoms with van der Waals surface area (Å²) in [6.07, 6.45) is 1.36. The van der Waals surface area contributed by atoms with Crippen molar-refractivity contribution in [2.24, 2.45) is 0 Å². The van der Waals surface area contributed by atoms with Gasteiger partial charge in [-0.25, -0.2) is 13.9 Å². The largest absolute Gasteiger partial charge is 0.464 e. The Kier molecular flexibility index (Phi) is 3.79. The van der Waals surface area contributed by atoms with Crippen molar-refractivity contribution < 1.29 is 18.8 Å². The smallest absolute Gasteiger partial charge is 0.359 e. The molecule has 1 aromatic heterocycles. The van der Waals surface area contributed by atoms with Crippen molar-refractivity contribution >= 4 is 27.6 Å². The molecule has 1 aromatic carbocycles. The molecular formula is C11H7BrFN3O4. The number of hydrogen-bond donors (Lipinski definition) is 0. The summed E-state index contributed by atoms with van der Waals surface area (Å²) in [5, 5.41) is 14.4. The molecule has 104 valence electrons. The summed E-state index contributed by atoms with van der Waals surface area (Å²) >= 11 is 3.10. The third kappa shape index (κ3) is 2.52. The summed E-state index contributed by atoms with van der Waals surface area (Å²) in [7, 11) is 1.19. The molecule has 7 nitrogen and oxygen atoms in total. The average Bonchev–Trinajstić information content (AvgIpc) is 2.79. The first kappa shape index (κ1) is 14.1. The number of nitrogens with zero attached hydrogens (tertiary/aromatic N) is 3. The highest BCUT2D eigenvalue weighted by molar-refractivity contribution is 9.10. The molecule has 0 radical (unpaired) electrons. The van der Waals surface area contributed by atoms with Gasteiger partial charge >= 0.3 is 5.97 Å². The molecule has 0 saturated heterocycles. The maximum Gasteiger partial charge on any atom is 0.359 e. The number of benzene rings is 1. The summed E-state index contributed by atoms with van der Waals surface area (Å²) in [6, 6.07) is 3.13. The molecule has 9 heteroatoms. The summed E-state index contributed by atoms with van der Waals surface area (Å²) < 4.78 is 19.8. The van der Waals surface area contributed by atoms with Crippen LogP contribution >= 0.6 is 15.9 Å². The Morgan fingerprint density at radius 1 is 1.55 bits per heavy atom. The number of carbonyl (C=O) groups excluding carboxylic acids is 1. The van der Waals surface area contributed by atoms with Gasteiger partial charge in [0.2, 0.25) is 0 Å². The maximum atomic E-state index is 13.8. The minimum atomic E-state index is -0.828. The molecule has 0 spiro atoms. The Morgan fingerprint density at radius 3 is 2.80 bits per heavy atom. The predicted octanol–water partition coefficient (Wildman–Crippen LogP) is 2.47. The Bertz CT molecular complexity index is 701. The first-order valence-electron chi connectivity index (χ1n) is 5.22. The molecule has 0 unspecified atom stereocenters. The van der Waals surface area contributed by atoms with Gasteiger partial charge in [-0.05, 0) is 22.0 Å². The van der Waals surface area contributed by atoms with Crippen LogP contribution in [0.1, 0.15) is 10.5 Å². The van der Waals surface area contributed by atoms with E-state index in [1.807, 2.05) is 0 Å². The average molecular weight is 344 g/mol. The van der Waals surface area contributed by atoms with Crippen LogP contribution in [0.5, 0.6) is 0 Å². The van der Waals surface area contributed by atoms with E-state index in [4.69, 9.17) is 0 Å². The van der Waals surface area contributed by atoms with Crippen LogP contribution in [0.3, 0.4) is 0 Å². The van der Waals surface area contributed by atoms with Gasteiger partial charge in [0.25, 0.3) is 5.69 Å². The zero-order valence-electron chi connectivity index (χ0n) is 10.0. The lowest BCUT2D eigenvalue weighted by atomic mass is 10.2. The van der Waals surface area contributed by atoms with Crippen LogP contribution in [-0.2, 0) is 4.74 Å². The van der Waals surface area contributed by atoms with E-state index in [1.165, 1.54) is 19.4 Å². The van der Waals surface area contributed by atoms with Gasteiger partial charge in [-0.15, -0.1) is 0 Å². The molecule has 0 amide bonds. The SMILES string of the molecule is COC(=O)c1nn(-c2ccc([N+](=O)[O-])cc2F)cc1Br. The summed E-state index contributed by atoms with van der Waals surface area (Å²) in [5.41, 5.74) is -0.414. The fraction of sp³-hybridized carbons (Fsp3) is 0.0909. The second-order valence-corrected chi connectivity index (χ2v) is 4.51. The number of esters is 1. The standard InChI is InChI=1S/C11H7BrFN3O4/c1-20-11(17)10-7(12)5-15(14-10)9-3-2-6(16(18)19)4-8(9)13/h2-5H,1H3. The first-order chi connectivity index (χ1) is 9.43. The quantitative estimate of drug-likeness (QED) is 0.485. The number of hydrogen-bond acceptors (Lipinski definition) is 5. The summed E-state index contributed by atoms with van der Waals surface area (Å²) in [4.78, 5) is 21.2. The van der Waals surface area contributed by atoms with Crippen molar-refractivity contribution in [3.05, 3.63) is 50.5 Å². The first-order valence-corrected chi connectivity index (χ1v) is 6.01. The predicted molar refractivity (Wildman–Crippen MR) is 69.2 cm³/mol. The number of ether oxygens (including phenoxy) is 1. The molecule has 1 heterocycles. The Morgan fingerprint density at radius 2 is 2.25 bits per heavy atom. The number of halogens is 2. The molecule has 0 bridgehead atoms. The van der Waals surface area contributed by atoms with Crippen LogP contribution in [0, 0.1) is 15.9 Å². The topological polar surface area (TPSA) is 87.3 Å². The lowest BCUT2D eigenvalue weighted by Crippen LogP contribution is -2.05. The van der Waals surface area contributed by atoms with E-state index in [0.29, 0.717) is 4.47 Å². The zero-order valence-corrected chi connectivity index (χ0v) is 11.6. The van der Waals surface area contributed by atoms with Gasteiger partial charge in [0, 0.05) is 12.3 Å². The van der Waals surface area contributed by atoms with E-state index in [1.54, 1.807) is 0 Å². The van der Waals surface area contributed by atoms with Gasteiger partial charge in [0.05, 0.1) is 22.6 Å². The molecule has 0 atom stereocenters. The second-order valence-electron chi connectivity index (χ2n) is 3.65. The lowest BCUT2D eigenvalue weighted by Gasteiger charge is -2.02. The van der Waals surface area contributed by atoms with Crippen LogP contribution in [0.2, 0.25) is 0 Å². The van der Waals surface area contributed by atoms with Gasteiger partial charge < -0.3 is 4.74 Å². The zero-order chi connectivity index (χ0) is 14.9. The van der Waals surface area contributed by atoms with Gasteiger partial charge in [-0.1, -0.05) is 0 Å². The van der Waals surface area contributed by atoms with E-state index < -0.39 is 16.7 Å². The molecule has 0 N–H and O–H groups in total. The van der Waals surface area contributed by atoms with E-state index in [2.05, 4.69) is 25.8 Å². The van der Waals surface area contributed by atoms with E-state index in [-0.39, 0.29) is 17.1 Å². The van der Waals surface area contributed by atoms with Gasteiger partial charge in [0.1, 0.15) is 5.69 Å². The number of methoxy groups -OCH3 is 1. The molecule has 0 aliphatic carbocycles. The highest BCUT2D eigenvalue weighted by atomic mass is 79.9. The highest BCUT2D eigenvalue weighted by Gasteiger charge is 2.18. The van der Waals surface area contributed by atoms with Crippen LogP contribution in [0.4, 0.5) is 10.1 Å². The second kappa shape index (κ2) is 5.37. The molecular weight excluding hydrogens is 337 g/mol.